The molecule has 0 bridgehead atoms. The van der Waals surface area contributed by atoms with Crippen LogP contribution in [0.4, 0.5) is 13.2 Å². The molecule has 2 heterocycles. The second-order valence-electron chi connectivity index (χ2n) is 5.55. The maximum atomic E-state index is 12.4. The Labute approximate surface area is 125 Å². The van der Waals surface area contributed by atoms with E-state index in [1.54, 1.807) is 0 Å². The van der Waals surface area contributed by atoms with E-state index >= 15 is 0 Å². The first-order valence-corrected chi connectivity index (χ1v) is 8.10. The average molecular weight is 318 g/mol. The molecule has 0 N–H and O–H groups in total. The van der Waals surface area contributed by atoms with Gasteiger partial charge in [-0.2, -0.15) is 13.2 Å². The molecule has 0 aromatic heterocycles. The van der Waals surface area contributed by atoms with Crippen LogP contribution in [0.1, 0.15) is 18.4 Å². The van der Waals surface area contributed by atoms with Crippen molar-refractivity contribution in [3.05, 3.63) is 29.8 Å². The maximum Gasteiger partial charge on any atom is 0.401 e. The molecule has 0 amide bonds. The van der Waals surface area contributed by atoms with Gasteiger partial charge in [0.2, 0.25) is 0 Å². The molecule has 1 saturated heterocycles. The molecule has 0 spiro atoms. The van der Waals surface area contributed by atoms with E-state index < -0.39 is 24.1 Å². The van der Waals surface area contributed by atoms with Gasteiger partial charge < -0.3 is 4.55 Å². The van der Waals surface area contributed by atoms with E-state index in [1.165, 1.54) is 4.90 Å². The Kier molecular flexibility index (Phi) is 4.18. The van der Waals surface area contributed by atoms with Crippen molar-refractivity contribution in [1.82, 2.24) is 9.21 Å². The number of hydrogen-bond donors (Lipinski definition) is 0. The summed E-state index contributed by atoms with van der Waals surface area (Å²) in [6, 6.07) is 7.72. The van der Waals surface area contributed by atoms with Crippen molar-refractivity contribution in [2.45, 2.75) is 36.5 Å². The minimum Gasteiger partial charge on any atom is -0.593 e. The number of nitrogens with zero attached hydrogens (tertiary/aromatic N) is 2. The van der Waals surface area contributed by atoms with Crippen LogP contribution in [0.25, 0.3) is 0 Å². The van der Waals surface area contributed by atoms with Crippen molar-refractivity contribution in [3.8, 4) is 0 Å². The second-order valence-corrected chi connectivity index (χ2v) is 6.96. The molecule has 0 saturated carbocycles. The predicted molar refractivity (Wildman–Crippen MR) is 73.9 cm³/mol. The van der Waals surface area contributed by atoms with Crippen LogP contribution in [0.2, 0.25) is 0 Å². The molecule has 2 aliphatic heterocycles. The van der Waals surface area contributed by atoms with Crippen molar-refractivity contribution in [3.63, 3.8) is 0 Å². The zero-order valence-corrected chi connectivity index (χ0v) is 12.3. The summed E-state index contributed by atoms with van der Waals surface area (Å²) in [5.41, 5.74) is 1.06. The summed E-state index contributed by atoms with van der Waals surface area (Å²) < 4.78 is 51.5. The lowest BCUT2D eigenvalue weighted by molar-refractivity contribution is -0.148. The van der Waals surface area contributed by atoms with Gasteiger partial charge in [-0.15, -0.1) is 4.31 Å². The van der Waals surface area contributed by atoms with Gasteiger partial charge in [-0.05, 0) is 18.9 Å². The lowest BCUT2D eigenvalue weighted by Crippen LogP contribution is -2.47. The Morgan fingerprint density at radius 1 is 1.19 bits per heavy atom. The SMILES string of the molecule is [O-][S+]1c2ccccc2CN1C1CCN(CC(F)(F)F)CC1. The van der Waals surface area contributed by atoms with Crippen molar-refractivity contribution < 1.29 is 17.7 Å². The lowest BCUT2D eigenvalue weighted by Gasteiger charge is -2.35. The van der Waals surface area contributed by atoms with Crippen LogP contribution in [0, 0.1) is 0 Å². The first-order valence-electron chi connectivity index (χ1n) is 6.99. The Bertz CT molecular complexity index is 503. The van der Waals surface area contributed by atoms with Gasteiger partial charge in [-0.25, -0.2) is 0 Å². The van der Waals surface area contributed by atoms with Crippen LogP contribution < -0.4 is 0 Å². The van der Waals surface area contributed by atoms with Gasteiger partial charge in [0.15, 0.2) is 4.90 Å². The Balaban J connectivity index is 1.59. The fourth-order valence-electron chi connectivity index (χ4n) is 3.04. The minimum atomic E-state index is -4.14. The van der Waals surface area contributed by atoms with Crippen LogP contribution >= 0.6 is 0 Å². The van der Waals surface area contributed by atoms with Crippen molar-refractivity contribution in [2.75, 3.05) is 19.6 Å². The molecule has 1 aromatic rings. The molecule has 1 unspecified atom stereocenters. The van der Waals surface area contributed by atoms with Gasteiger partial charge in [0, 0.05) is 18.7 Å². The molecular formula is C14H17F3N2OS. The van der Waals surface area contributed by atoms with E-state index in [9.17, 15) is 17.7 Å². The topological polar surface area (TPSA) is 29.5 Å². The number of halogens is 3. The monoisotopic (exact) mass is 318 g/mol. The Morgan fingerprint density at radius 2 is 1.86 bits per heavy atom. The van der Waals surface area contributed by atoms with Gasteiger partial charge in [0.25, 0.3) is 0 Å². The number of fused-ring (bicyclic) bond motifs is 1. The highest BCUT2D eigenvalue weighted by atomic mass is 32.2. The number of alkyl halides is 3. The van der Waals surface area contributed by atoms with Crippen LogP contribution in [0.15, 0.2) is 29.2 Å². The first kappa shape index (κ1) is 15.1. The van der Waals surface area contributed by atoms with E-state index in [-0.39, 0.29) is 6.04 Å². The summed E-state index contributed by atoms with van der Waals surface area (Å²) in [7, 11) is 0. The molecule has 2 aliphatic rings. The molecule has 0 aliphatic carbocycles. The minimum absolute atomic E-state index is 0.0997. The number of hydrogen-bond acceptors (Lipinski definition) is 3. The van der Waals surface area contributed by atoms with Crippen molar-refractivity contribution in [2.24, 2.45) is 0 Å². The predicted octanol–water partition coefficient (Wildman–Crippen LogP) is 2.55. The van der Waals surface area contributed by atoms with E-state index in [0.29, 0.717) is 32.5 Å². The summed E-state index contributed by atoms with van der Waals surface area (Å²) in [5, 5.41) is 0. The molecule has 1 fully saturated rings. The van der Waals surface area contributed by atoms with Crippen LogP contribution in [0.3, 0.4) is 0 Å². The van der Waals surface area contributed by atoms with Crippen LogP contribution in [0.5, 0.6) is 0 Å². The second kappa shape index (κ2) is 5.79. The maximum absolute atomic E-state index is 12.4. The molecule has 7 heteroatoms. The number of benzene rings is 1. The van der Waals surface area contributed by atoms with Gasteiger partial charge in [0.05, 0.1) is 30.5 Å². The first-order chi connectivity index (χ1) is 9.94. The average Bonchev–Trinajstić information content (AvgIpc) is 2.76. The third-order valence-corrected chi connectivity index (χ3v) is 5.69. The highest BCUT2D eigenvalue weighted by Crippen LogP contribution is 2.34. The summed E-state index contributed by atoms with van der Waals surface area (Å²) in [4.78, 5) is 2.28. The fraction of sp³-hybridized carbons (Fsp3) is 0.571. The number of piperidine rings is 1. The Hall–Kier alpha value is -0.760. The summed E-state index contributed by atoms with van der Waals surface area (Å²) in [6.45, 7) is 0.609. The molecule has 1 atom stereocenters. The molecule has 3 nitrogen and oxygen atoms in total. The lowest BCUT2D eigenvalue weighted by atomic mass is 10.0. The van der Waals surface area contributed by atoms with Gasteiger partial charge in [0.1, 0.15) is 0 Å². The van der Waals surface area contributed by atoms with Gasteiger partial charge >= 0.3 is 6.18 Å². The quantitative estimate of drug-likeness (QED) is 0.785. The van der Waals surface area contributed by atoms with Crippen molar-refractivity contribution in [1.29, 1.82) is 0 Å². The molecule has 0 radical (unpaired) electrons. The zero-order valence-electron chi connectivity index (χ0n) is 11.5. The van der Waals surface area contributed by atoms with E-state index in [1.807, 2.05) is 28.6 Å². The van der Waals surface area contributed by atoms with Crippen LogP contribution in [-0.4, -0.2) is 45.6 Å². The number of likely N-dealkylation sites (tertiary alicyclic amines) is 1. The molecule has 21 heavy (non-hydrogen) atoms. The third kappa shape index (κ3) is 3.36. The van der Waals surface area contributed by atoms with E-state index in [0.717, 1.165) is 10.5 Å². The zero-order chi connectivity index (χ0) is 15.0. The standard InChI is InChI=1S/C14H17F3N2OS/c15-14(16,17)10-18-7-5-12(6-8-18)19-9-11-3-1-2-4-13(11)21(19)20/h1-4,12H,5-10H2. The fourth-order valence-corrected chi connectivity index (χ4v) is 4.58. The normalized spacial score (nSPS) is 25.2. The van der Waals surface area contributed by atoms with E-state index in [2.05, 4.69) is 0 Å². The van der Waals surface area contributed by atoms with Crippen LogP contribution in [-0.2, 0) is 17.9 Å². The smallest absolute Gasteiger partial charge is 0.401 e. The highest BCUT2D eigenvalue weighted by Gasteiger charge is 2.41. The molecule has 1 aromatic carbocycles. The largest absolute Gasteiger partial charge is 0.593 e. The molecule has 116 valence electrons. The molecule has 3 rings (SSSR count). The van der Waals surface area contributed by atoms with E-state index in [4.69, 9.17) is 0 Å². The Morgan fingerprint density at radius 3 is 2.48 bits per heavy atom. The van der Waals surface area contributed by atoms with Crippen molar-refractivity contribution >= 4 is 11.4 Å². The summed E-state index contributed by atoms with van der Waals surface area (Å²) >= 11 is -1.17. The summed E-state index contributed by atoms with van der Waals surface area (Å²) in [5.74, 6) is 0. The van der Waals surface area contributed by atoms with Gasteiger partial charge in [-0.1, -0.05) is 18.2 Å². The highest BCUT2D eigenvalue weighted by molar-refractivity contribution is 7.89. The molecular weight excluding hydrogens is 301 g/mol. The van der Waals surface area contributed by atoms with Gasteiger partial charge in [-0.3, -0.25) is 4.90 Å². The third-order valence-electron chi connectivity index (χ3n) is 4.07. The summed E-state index contributed by atoms with van der Waals surface area (Å²) in [6.07, 6.45) is -2.87. The number of rotatable bonds is 2.